The lowest BCUT2D eigenvalue weighted by molar-refractivity contribution is -0.384. The van der Waals surface area contributed by atoms with Crippen LogP contribution in [0.1, 0.15) is 37.0 Å². The first-order valence-electron chi connectivity index (χ1n) is 6.62. The van der Waals surface area contributed by atoms with E-state index >= 15 is 0 Å². The summed E-state index contributed by atoms with van der Waals surface area (Å²) in [6, 6.07) is 5.31. The number of non-ortho nitro benzene ring substituents is 1. The van der Waals surface area contributed by atoms with Crippen LogP contribution in [-0.4, -0.2) is 28.5 Å². The Bertz CT molecular complexity index is 552. The molecule has 0 fully saturated rings. The zero-order valence-electron chi connectivity index (χ0n) is 12.0. The van der Waals surface area contributed by atoms with Gasteiger partial charge in [0.2, 0.25) is 0 Å². The van der Waals surface area contributed by atoms with Gasteiger partial charge in [-0.2, -0.15) is 0 Å². The molecule has 0 spiro atoms. The Labute approximate surface area is 122 Å². The number of benzene rings is 1. The third kappa shape index (κ3) is 3.77. The fraction of sp³-hybridized carbons (Fsp3) is 0.429. The number of nitrogens with one attached hydrogen (secondary N) is 1. The fourth-order valence-corrected chi connectivity index (χ4v) is 1.99. The van der Waals surface area contributed by atoms with Crippen molar-refractivity contribution in [3.8, 4) is 0 Å². The van der Waals surface area contributed by atoms with E-state index in [9.17, 15) is 24.8 Å². The summed E-state index contributed by atoms with van der Waals surface area (Å²) in [7, 11) is 0. The molecule has 7 nitrogen and oxygen atoms in total. The molecule has 0 radical (unpaired) electrons. The van der Waals surface area contributed by atoms with Gasteiger partial charge < -0.3 is 10.4 Å². The molecule has 0 bridgehead atoms. The molecule has 0 heterocycles. The van der Waals surface area contributed by atoms with Crippen LogP contribution in [-0.2, 0) is 4.79 Å². The van der Waals surface area contributed by atoms with Crippen molar-refractivity contribution in [3.63, 3.8) is 0 Å². The summed E-state index contributed by atoms with van der Waals surface area (Å²) < 4.78 is 0. The van der Waals surface area contributed by atoms with Gasteiger partial charge in [0, 0.05) is 24.2 Å². The van der Waals surface area contributed by atoms with E-state index in [-0.39, 0.29) is 17.8 Å². The summed E-state index contributed by atoms with van der Waals surface area (Å²) in [4.78, 5) is 33.4. The van der Waals surface area contributed by atoms with Gasteiger partial charge >= 0.3 is 5.97 Å². The lowest BCUT2D eigenvalue weighted by atomic mass is 9.82. The largest absolute Gasteiger partial charge is 0.481 e. The number of amides is 1. The van der Waals surface area contributed by atoms with Gasteiger partial charge in [0.05, 0.1) is 10.3 Å². The van der Waals surface area contributed by atoms with Crippen LogP contribution in [0.5, 0.6) is 0 Å². The molecular weight excluding hydrogens is 276 g/mol. The molecule has 0 saturated heterocycles. The van der Waals surface area contributed by atoms with Crippen LogP contribution in [0.3, 0.4) is 0 Å². The summed E-state index contributed by atoms with van der Waals surface area (Å²) in [5, 5.41) is 22.5. The van der Waals surface area contributed by atoms with Gasteiger partial charge in [-0.05, 0) is 18.9 Å². The number of hydrogen-bond acceptors (Lipinski definition) is 4. The number of aliphatic carboxylic acids is 1. The quantitative estimate of drug-likeness (QED) is 0.592. The number of carbonyl (C=O) groups excluding carboxylic acids is 1. The SMILES string of the molecule is CCC(CC)(CNC(=O)c1cccc([N+](=O)[O-])c1)C(=O)O. The van der Waals surface area contributed by atoms with Gasteiger partial charge in [-0.1, -0.05) is 19.9 Å². The number of rotatable bonds is 7. The van der Waals surface area contributed by atoms with Gasteiger partial charge in [-0.3, -0.25) is 19.7 Å². The minimum absolute atomic E-state index is 0.0170. The van der Waals surface area contributed by atoms with Gasteiger partial charge in [-0.25, -0.2) is 0 Å². The predicted octanol–water partition coefficient (Wildman–Crippen LogP) is 2.22. The van der Waals surface area contributed by atoms with Crippen molar-refractivity contribution in [3.05, 3.63) is 39.9 Å². The number of carbonyl (C=O) groups is 2. The van der Waals surface area contributed by atoms with E-state index in [0.717, 1.165) is 6.07 Å². The van der Waals surface area contributed by atoms with Gasteiger partial charge in [0.15, 0.2) is 0 Å². The standard InChI is InChI=1S/C14H18N2O5/c1-3-14(4-2,13(18)19)9-15-12(17)10-6-5-7-11(8-10)16(20)21/h5-8H,3-4,9H2,1-2H3,(H,15,17)(H,18,19). The van der Waals surface area contributed by atoms with Crippen molar-refractivity contribution < 1.29 is 19.6 Å². The van der Waals surface area contributed by atoms with E-state index in [1.54, 1.807) is 13.8 Å². The minimum Gasteiger partial charge on any atom is -0.481 e. The molecule has 0 aliphatic carbocycles. The van der Waals surface area contributed by atoms with Crippen LogP contribution in [0.4, 0.5) is 5.69 Å². The maximum atomic E-state index is 12.0. The molecule has 1 amide bonds. The summed E-state index contributed by atoms with van der Waals surface area (Å²) in [5.41, 5.74) is -1.06. The maximum absolute atomic E-state index is 12.0. The lowest BCUT2D eigenvalue weighted by Crippen LogP contribution is -2.42. The first kappa shape index (κ1) is 16.6. The Balaban J connectivity index is 2.84. The fourth-order valence-electron chi connectivity index (χ4n) is 1.99. The van der Waals surface area contributed by atoms with Crippen molar-refractivity contribution in [2.24, 2.45) is 5.41 Å². The van der Waals surface area contributed by atoms with Crippen LogP contribution < -0.4 is 5.32 Å². The van der Waals surface area contributed by atoms with Crippen LogP contribution in [0.15, 0.2) is 24.3 Å². The van der Waals surface area contributed by atoms with E-state index < -0.39 is 22.2 Å². The number of nitrogens with zero attached hydrogens (tertiary/aromatic N) is 1. The van der Waals surface area contributed by atoms with Crippen LogP contribution in [0.2, 0.25) is 0 Å². The molecule has 1 aromatic carbocycles. The molecule has 21 heavy (non-hydrogen) atoms. The number of nitro groups is 1. The summed E-state index contributed by atoms with van der Waals surface area (Å²) in [5.74, 6) is -1.49. The monoisotopic (exact) mass is 294 g/mol. The molecule has 0 aliphatic rings. The van der Waals surface area contributed by atoms with Crippen molar-refractivity contribution in [1.29, 1.82) is 0 Å². The number of carboxylic acid groups (broad SMARTS) is 1. The maximum Gasteiger partial charge on any atom is 0.311 e. The van der Waals surface area contributed by atoms with Crippen molar-refractivity contribution in [2.45, 2.75) is 26.7 Å². The molecule has 0 saturated carbocycles. The highest BCUT2D eigenvalue weighted by atomic mass is 16.6. The topological polar surface area (TPSA) is 110 Å². The van der Waals surface area contributed by atoms with E-state index in [0.29, 0.717) is 12.8 Å². The van der Waals surface area contributed by atoms with Gasteiger partial charge in [-0.15, -0.1) is 0 Å². The predicted molar refractivity (Wildman–Crippen MR) is 76.1 cm³/mol. The Morgan fingerprint density at radius 3 is 2.43 bits per heavy atom. The zero-order valence-corrected chi connectivity index (χ0v) is 12.0. The highest BCUT2D eigenvalue weighted by molar-refractivity contribution is 5.95. The number of hydrogen-bond donors (Lipinski definition) is 2. The Morgan fingerprint density at radius 1 is 1.33 bits per heavy atom. The minimum atomic E-state index is -1.02. The highest BCUT2D eigenvalue weighted by Crippen LogP contribution is 2.25. The molecule has 0 unspecified atom stereocenters. The number of nitro benzene ring substituents is 1. The lowest BCUT2D eigenvalue weighted by Gasteiger charge is -2.26. The van der Waals surface area contributed by atoms with Gasteiger partial charge in [0.25, 0.3) is 11.6 Å². The van der Waals surface area contributed by atoms with Crippen LogP contribution in [0, 0.1) is 15.5 Å². The molecule has 0 aliphatic heterocycles. The van der Waals surface area contributed by atoms with E-state index in [4.69, 9.17) is 0 Å². The van der Waals surface area contributed by atoms with E-state index in [1.165, 1.54) is 18.2 Å². The van der Waals surface area contributed by atoms with Crippen LogP contribution >= 0.6 is 0 Å². The van der Waals surface area contributed by atoms with Crippen molar-refractivity contribution in [1.82, 2.24) is 5.32 Å². The summed E-state index contributed by atoms with van der Waals surface area (Å²) >= 11 is 0. The normalized spacial score (nSPS) is 11.0. The molecule has 0 atom stereocenters. The Kier molecular flexibility index (Phi) is 5.40. The Morgan fingerprint density at radius 2 is 1.95 bits per heavy atom. The molecule has 2 N–H and O–H groups in total. The third-order valence-electron chi connectivity index (χ3n) is 3.71. The van der Waals surface area contributed by atoms with Crippen LogP contribution in [0.25, 0.3) is 0 Å². The zero-order chi connectivity index (χ0) is 16.0. The smallest absolute Gasteiger partial charge is 0.311 e. The highest BCUT2D eigenvalue weighted by Gasteiger charge is 2.35. The second kappa shape index (κ2) is 6.83. The average Bonchev–Trinajstić information content (AvgIpc) is 2.48. The summed E-state index contributed by atoms with van der Waals surface area (Å²) in [6.07, 6.45) is 0.766. The second-order valence-corrected chi connectivity index (χ2v) is 4.78. The third-order valence-corrected chi connectivity index (χ3v) is 3.71. The molecular formula is C14H18N2O5. The van der Waals surface area contributed by atoms with Crippen molar-refractivity contribution >= 4 is 17.6 Å². The number of carboxylic acids is 1. The first-order valence-corrected chi connectivity index (χ1v) is 6.62. The van der Waals surface area contributed by atoms with Gasteiger partial charge in [0.1, 0.15) is 0 Å². The average molecular weight is 294 g/mol. The Hall–Kier alpha value is -2.44. The molecule has 1 aromatic rings. The van der Waals surface area contributed by atoms with Crippen molar-refractivity contribution in [2.75, 3.05) is 6.54 Å². The molecule has 0 aromatic heterocycles. The summed E-state index contributed by atoms with van der Waals surface area (Å²) in [6.45, 7) is 3.48. The van der Waals surface area contributed by atoms with E-state index in [2.05, 4.69) is 5.32 Å². The van der Waals surface area contributed by atoms with E-state index in [1.807, 2.05) is 0 Å². The first-order chi connectivity index (χ1) is 9.86. The second-order valence-electron chi connectivity index (χ2n) is 4.78. The molecule has 7 heteroatoms. The molecule has 1 rings (SSSR count). The molecule has 114 valence electrons.